The van der Waals surface area contributed by atoms with Crippen LogP contribution in [0.4, 0.5) is 5.69 Å². The van der Waals surface area contributed by atoms with E-state index in [9.17, 15) is 9.59 Å². The number of carbonyl (C=O) groups excluding carboxylic acids is 2. The fraction of sp³-hybridized carbons (Fsp3) is 0.368. The molecule has 6 nitrogen and oxygen atoms in total. The Labute approximate surface area is 158 Å². The average molecular weight is 375 g/mol. The summed E-state index contributed by atoms with van der Waals surface area (Å²) in [6, 6.07) is 10.8. The summed E-state index contributed by atoms with van der Waals surface area (Å²) in [6.45, 7) is 2.52. The van der Waals surface area contributed by atoms with Gasteiger partial charge in [-0.2, -0.15) is 0 Å². The number of benzene rings is 1. The first-order chi connectivity index (χ1) is 12.5. The Balaban J connectivity index is 1.74. The number of likely N-dealkylation sites (N-methyl/N-ethyl adjacent to an activating group) is 1. The van der Waals surface area contributed by atoms with Gasteiger partial charge >= 0.3 is 0 Å². The van der Waals surface area contributed by atoms with Crippen LogP contribution in [0.1, 0.15) is 11.8 Å². The molecule has 0 fully saturated rings. The van der Waals surface area contributed by atoms with Crippen molar-refractivity contribution in [3.8, 4) is 5.75 Å². The molecule has 1 aromatic heterocycles. The van der Waals surface area contributed by atoms with Gasteiger partial charge in [-0.1, -0.05) is 6.07 Å². The molecular weight excluding hydrogens is 350 g/mol. The van der Waals surface area contributed by atoms with E-state index in [2.05, 4.69) is 16.7 Å². The van der Waals surface area contributed by atoms with Crippen molar-refractivity contribution in [2.75, 3.05) is 32.6 Å². The Bertz CT molecular complexity index is 701. The first kappa shape index (κ1) is 19.9. The van der Waals surface area contributed by atoms with Gasteiger partial charge in [-0.15, -0.1) is 11.3 Å². The van der Waals surface area contributed by atoms with E-state index < -0.39 is 0 Å². The SMILES string of the molecule is COc1ccc(NC(=O)CN(C)[C@@H](C)C(=O)NCCc2cccs2)cc1. The Kier molecular flexibility index (Phi) is 7.62. The summed E-state index contributed by atoms with van der Waals surface area (Å²) in [6.07, 6.45) is 0.817. The maximum absolute atomic E-state index is 12.2. The maximum atomic E-state index is 12.2. The minimum atomic E-state index is -0.389. The molecule has 2 amide bonds. The number of methoxy groups -OCH3 is 1. The standard InChI is InChI=1S/C19H25N3O3S/c1-14(19(24)20-11-10-17-5-4-12-26-17)22(2)13-18(23)21-15-6-8-16(25-3)9-7-15/h4-9,12,14H,10-11,13H2,1-3H3,(H,20,24)(H,21,23)/t14-/m0/s1. The lowest BCUT2D eigenvalue weighted by Crippen LogP contribution is -2.46. The van der Waals surface area contributed by atoms with Gasteiger partial charge in [0.15, 0.2) is 0 Å². The number of nitrogens with one attached hydrogen (secondary N) is 2. The molecule has 2 aromatic rings. The highest BCUT2D eigenvalue weighted by Gasteiger charge is 2.19. The van der Waals surface area contributed by atoms with Gasteiger partial charge in [0.25, 0.3) is 0 Å². The third kappa shape index (κ3) is 6.16. The van der Waals surface area contributed by atoms with E-state index in [0.29, 0.717) is 12.2 Å². The molecule has 0 aliphatic rings. The molecule has 0 aliphatic heterocycles. The van der Waals surface area contributed by atoms with E-state index in [1.54, 1.807) is 61.6 Å². The first-order valence-corrected chi connectivity index (χ1v) is 9.32. The van der Waals surface area contributed by atoms with E-state index in [1.807, 2.05) is 11.4 Å². The van der Waals surface area contributed by atoms with Crippen molar-refractivity contribution in [1.29, 1.82) is 0 Å². The fourth-order valence-electron chi connectivity index (χ4n) is 2.35. The van der Waals surface area contributed by atoms with Gasteiger partial charge < -0.3 is 15.4 Å². The van der Waals surface area contributed by atoms with Crippen molar-refractivity contribution >= 4 is 28.8 Å². The Morgan fingerprint density at radius 3 is 2.58 bits per heavy atom. The third-order valence-corrected chi connectivity index (χ3v) is 4.99. The normalized spacial score (nSPS) is 11.8. The van der Waals surface area contributed by atoms with Crippen LogP contribution in [0, 0.1) is 0 Å². The number of hydrogen-bond donors (Lipinski definition) is 2. The highest BCUT2D eigenvalue weighted by Crippen LogP contribution is 2.15. The van der Waals surface area contributed by atoms with Crippen LogP contribution in [0.2, 0.25) is 0 Å². The molecule has 2 N–H and O–H groups in total. The number of anilines is 1. The average Bonchev–Trinajstić information content (AvgIpc) is 3.14. The zero-order chi connectivity index (χ0) is 18.9. The van der Waals surface area contributed by atoms with Crippen LogP contribution >= 0.6 is 11.3 Å². The molecule has 0 aliphatic carbocycles. The lowest BCUT2D eigenvalue weighted by atomic mass is 10.2. The highest BCUT2D eigenvalue weighted by atomic mass is 32.1. The molecule has 140 valence electrons. The van der Waals surface area contributed by atoms with Gasteiger partial charge in [0, 0.05) is 17.1 Å². The molecule has 0 saturated carbocycles. The number of amides is 2. The molecule has 1 heterocycles. The van der Waals surface area contributed by atoms with Gasteiger partial charge in [0.2, 0.25) is 11.8 Å². The molecule has 1 aromatic carbocycles. The van der Waals surface area contributed by atoms with Crippen LogP contribution < -0.4 is 15.4 Å². The van der Waals surface area contributed by atoms with Gasteiger partial charge in [-0.3, -0.25) is 14.5 Å². The largest absolute Gasteiger partial charge is 0.497 e. The topological polar surface area (TPSA) is 70.7 Å². The monoisotopic (exact) mass is 375 g/mol. The first-order valence-electron chi connectivity index (χ1n) is 8.44. The minimum absolute atomic E-state index is 0.0821. The molecule has 2 rings (SSSR count). The third-order valence-electron chi connectivity index (χ3n) is 4.06. The van der Waals surface area contributed by atoms with E-state index in [0.717, 1.165) is 12.2 Å². The van der Waals surface area contributed by atoms with Gasteiger partial charge in [-0.05, 0) is 56.1 Å². The van der Waals surface area contributed by atoms with Crippen molar-refractivity contribution in [3.05, 3.63) is 46.7 Å². The summed E-state index contributed by atoms with van der Waals surface area (Å²) in [5.74, 6) is 0.477. The number of ether oxygens (including phenoxy) is 1. The van der Waals surface area contributed by atoms with Crippen molar-refractivity contribution in [3.63, 3.8) is 0 Å². The van der Waals surface area contributed by atoms with Crippen LogP contribution in [-0.4, -0.2) is 50.0 Å². The lowest BCUT2D eigenvalue weighted by Gasteiger charge is -2.23. The number of thiophene rings is 1. The Morgan fingerprint density at radius 2 is 1.96 bits per heavy atom. The number of hydrogen-bond acceptors (Lipinski definition) is 5. The van der Waals surface area contributed by atoms with Crippen molar-refractivity contribution < 1.29 is 14.3 Å². The molecule has 0 saturated heterocycles. The van der Waals surface area contributed by atoms with Crippen LogP contribution in [0.3, 0.4) is 0 Å². The summed E-state index contributed by atoms with van der Waals surface area (Å²) in [7, 11) is 3.35. The number of carbonyl (C=O) groups is 2. The molecular formula is C19H25N3O3S. The minimum Gasteiger partial charge on any atom is -0.497 e. The number of nitrogens with zero attached hydrogens (tertiary/aromatic N) is 1. The second-order valence-electron chi connectivity index (χ2n) is 5.99. The van der Waals surface area contributed by atoms with Crippen LogP contribution in [0.25, 0.3) is 0 Å². The summed E-state index contributed by atoms with van der Waals surface area (Å²) >= 11 is 1.68. The molecule has 0 bridgehead atoms. The molecule has 0 unspecified atom stereocenters. The molecule has 0 radical (unpaired) electrons. The highest BCUT2D eigenvalue weighted by molar-refractivity contribution is 7.09. The van der Waals surface area contributed by atoms with Gasteiger partial charge in [0.05, 0.1) is 19.7 Å². The van der Waals surface area contributed by atoms with Crippen molar-refractivity contribution in [1.82, 2.24) is 10.2 Å². The molecule has 0 spiro atoms. The summed E-state index contributed by atoms with van der Waals surface area (Å²) in [5, 5.41) is 7.75. The second-order valence-corrected chi connectivity index (χ2v) is 7.02. The summed E-state index contributed by atoms with van der Waals surface area (Å²) < 4.78 is 5.09. The predicted octanol–water partition coefficient (Wildman–Crippen LogP) is 2.37. The molecule has 1 atom stereocenters. The van der Waals surface area contributed by atoms with Crippen LogP contribution in [0.15, 0.2) is 41.8 Å². The summed E-state index contributed by atoms with van der Waals surface area (Å²) in [5.41, 5.74) is 0.692. The predicted molar refractivity (Wildman–Crippen MR) is 105 cm³/mol. The Hall–Kier alpha value is -2.38. The Morgan fingerprint density at radius 1 is 1.23 bits per heavy atom. The van der Waals surface area contributed by atoms with Gasteiger partial charge in [0.1, 0.15) is 5.75 Å². The maximum Gasteiger partial charge on any atom is 0.238 e. The van der Waals surface area contributed by atoms with E-state index >= 15 is 0 Å². The lowest BCUT2D eigenvalue weighted by molar-refractivity contribution is -0.126. The smallest absolute Gasteiger partial charge is 0.238 e. The van der Waals surface area contributed by atoms with Crippen molar-refractivity contribution in [2.45, 2.75) is 19.4 Å². The zero-order valence-electron chi connectivity index (χ0n) is 15.3. The van der Waals surface area contributed by atoms with Crippen LogP contribution in [0.5, 0.6) is 5.75 Å². The van der Waals surface area contributed by atoms with Gasteiger partial charge in [-0.25, -0.2) is 0 Å². The summed E-state index contributed by atoms with van der Waals surface area (Å²) in [4.78, 5) is 27.4. The van der Waals surface area contributed by atoms with E-state index in [1.165, 1.54) is 4.88 Å². The molecule has 7 heteroatoms. The quantitative estimate of drug-likeness (QED) is 0.706. The van der Waals surface area contributed by atoms with Crippen LogP contribution in [-0.2, 0) is 16.0 Å². The van der Waals surface area contributed by atoms with Crippen molar-refractivity contribution in [2.24, 2.45) is 0 Å². The fourth-order valence-corrected chi connectivity index (χ4v) is 3.06. The second kappa shape index (κ2) is 9.94. The van der Waals surface area contributed by atoms with E-state index in [4.69, 9.17) is 4.74 Å². The number of rotatable bonds is 9. The molecule has 26 heavy (non-hydrogen) atoms. The zero-order valence-corrected chi connectivity index (χ0v) is 16.1. The van der Waals surface area contributed by atoms with E-state index in [-0.39, 0.29) is 24.4 Å².